The first kappa shape index (κ1) is 18.8. The van der Waals surface area contributed by atoms with Crippen molar-refractivity contribution in [1.29, 1.82) is 0 Å². The minimum atomic E-state index is -0.883. The van der Waals surface area contributed by atoms with Crippen molar-refractivity contribution in [2.24, 2.45) is 0 Å². The molecule has 1 N–H and O–H groups in total. The molecule has 0 saturated carbocycles. The predicted octanol–water partition coefficient (Wildman–Crippen LogP) is 4.41. The van der Waals surface area contributed by atoms with Crippen LogP contribution in [0.4, 0.5) is 0 Å². The molecule has 0 fully saturated rings. The van der Waals surface area contributed by atoms with E-state index in [-0.39, 0.29) is 18.4 Å². The predicted molar refractivity (Wildman–Crippen MR) is 96.6 cm³/mol. The molecule has 0 saturated heterocycles. The maximum atomic E-state index is 12.2. The topological polar surface area (TPSA) is 55.4 Å². The van der Waals surface area contributed by atoms with Crippen LogP contribution in [0.2, 0.25) is 10.0 Å². The van der Waals surface area contributed by atoms with Gasteiger partial charge in [-0.15, -0.1) is 11.3 Å². The van der Waals surface area contributed by atoms with Gasteiger partial charge in [0.1, 0.15) is 0 Å². The third-order valence-corrected chi connectivity index (χ3v) is 4.80. The Labute approximate surface area is 154 Å². The Balaban J connectivity index is 1.89. The Bertz CT molecular complexity index is 719. The number of thiophene rings is 1. The molecule has 1 amide bonds. The van der Waals surface area contributed by atoms with Crippen molar-refractivity contribution < 1.29 is 14.3 Å². The van der Waals surface area contributed by atoms with E-state index in [4.69, 9.17) is 27.9 Å². The second kappa shape index (κ2) is 8.51. The standard InChI is InChI=1S/C17H17Cl2NO3S/c1-10(14-6-5-12(18)8-15(14)19)20-17(22)11(2)23-16(21)9-13-4-3-7-24-13/h3-8,10-11H,9H2,1-2H3,(H,20,22)/t10-,11+/m0/s1. The SMILES string of the molecule is C[C@H](NC(=O)[C@@H](C)OC(=O)Cc1cccs1)c1ccc(Cl)cc1Cl. The van der Waals surface area contributed by atoms with Crippen molar-refractivity contribution >= 4 is 46.4 Å². The quantitative estimate of drug-likeness (QED) is 0.749. The lowest BCUT2D eigenvalue weighted by atomic mass is 10.1. The average molecular weight is 386 g/mol. The molecule has 0 bridgehead atoms. The molecule has 2 aromatic rings. The highest BCUT2D eigenvalue weighted by Gasteiger charge is 2.21. The Morgan fingerprint density at radius 2 is 2.00 bits per heavy atom. The smallest absolute Gasteiger partial charge is 0.311 e. The number of benzene rings is 1. The first-order chi connectivity index (χ1) is 11.4. The number of carbonyl (C=O) groups is 2. The van der Waals surface area contributed by atoms with Crippen LogP contribution in [-0.4, -0.2) is 18.0 Å². The summed E-state index contributed by atoms with van der Waals surface area (Å²) >= 11 is 13.5. The number of amides is 1. The van der Waals surface area contributed by atoms with E-state index in [0.717, 1.165) is 10.4 Å². The van der Waals surface area contributed by atoms with E-state index in [1.54, 1.807) is 25.1 Å². The maximum absolute atomic E-state index is 12.2. The number of hydrogen-bond donors (Lipinski definition) is 1. The zero-order chi connectivity index (χ0) is 17.7. The molecule has 1 aromatic carbocycles. The molecule has 0 radical (unpaired) electrons. The Kier molecular flexibility index (Phi) is 6.66. The van der Waals surface area contributed by atoms with Gasteiger partial charge in [-0.25, -0.2) is 0 Å². The molecule has 4 nitrogen and oxygen atoms in total. The summed E-state index contributed by atoms with van der Waals surface area (Å²) in [4.78, 5) is 24.9. The Morgan fingerprint density at radius 3 is 2.62 bits per heavy atom. The molecule has 1 aromatic heterocycles. The van der Waals surface area contributed by atoms with E-state index >= 15 is 0 Å². The first-order valence-corrected chi connectivity index (χ1v) is 8.97. The third-order valence-electron chi connectivity index (χ3n) is 3.36. The summed E-state index contributed by atoms with van der Waals surface area (Å²) in [5.74, 6) is -0.815. The molecular weight excluding hydrogens is 369 g/mol. The molecule has 128 valence electrons. The fourth-order valence-corrected chi connectivity index (χ4v) is 3.37. The van der Waals surface area contributed by atoms with Crippen LogP contribution in [0.1, 0.15) is 30.3 Å². The second-order valence-corrected chi connectivity index (χ2v) is 7.16. The molecule has 1 heterocycles. The number of hydrogen-bond acceptors (Lipinski definition) is 4. The molecule has 2 atom stereocenters. The van der Waals surface area contributed by atoms with Crippen molar-refractivity contribution in [1.82, 2.24) is 5.32 Å². The lowest BCUT2D eigenvalue weighted by Crippen LogP contribution is -2.37. The van der Waals surface area contributed by atoms with E-state index < -0.39 is 12.1 Å². The van der Waals surface area contributed by atoms with Crippen LogP contribution < -0.4 is 5.32 Å². The highest BCUT2D eigenvalue weighted by molar-refractivity contribution is 7.10. The van der Waals surface area contributed by atoms with E-state index in [0.29, 0.717) is 10.0 Å². The number of carbonyl (C=O) groups excluding carboxylic acids is 2. The zero-order valence-electron chi connectivity index (χ0n) is 13.2. The number of rotatable bonds is 6. The number of halogens is 2. The van der Waals surface area contributed by atoms with Crippen molar-refractivity contribution in [3.63, 3.8) is 0 Å². The highest BCUT2D eigenvalue weighted by atomic mass is 35.5. The first-order valence-electron chi connectivity index (χ1n) is 7.34. The van der Waals surface area contributed by atoms with Gasteiger partial charge in [0.2, 0.25) is 0 Å². The normalized spacial score (nSPS) is 13.2. The van der Waals surface area contributed by atoms with Gasteiger partial charge in [-0.2, -0.15) is 0 Å². The number of nitrogens with one attached hydrogen (secondary N) is 1. The molecular formula is C17H17Cl2NO3S. The molecule has 24 heavy (non-hydrogen) atoms. The van der Waals surface area contributed by atoms with Gasteiger partial charge in [-0.05, 0) is 43.0 Å². The van der Waals surface area contributed by atoms with E-state index in [1.807, 2.05) is 17.5 Å². The fourth-order valence-electron chi connectivity index (χ4n) is 2.11. The van der Waals surface area contributed by atoms with Gasteiger partial charge >= 0.3 is 5.97 Å². The van der Waals surface area contributed by atoms with Gasteiger partial charge in [0, 0.05) is 14.9 Å². The van der Waals surface area contributed by atoms with Gasteiger partial charge in [0.15, 0.2) is 6.10 Å². The van der Waals surface area contributed by atoms with Crippen LogP contribution in [0.5, 0.6) is 0 Å². The summed E-state index contributed by atoms with van der Waals surface area (Å²) in [6, 6.07) is 8.45. The van der Waals surface area contributed by atoms with E-state index in [2.05, 4.69) is 5.32 Å². The van der Waals surface area contributed by atoms with Crippen LogP contribution >= 0.6 is 34.5 Å². The van der Waals surface area contributed by atoms with Crippen molar-refractivity contribution in [3.8, 4) is 0 Å². The third kappa shape index (κ3) is 5.23. The van der Waals surface area contributed by atoms with Crippen LogP contribution in [-0.2, 0) is 20.7 Å². The summed E-state index contributed by atoms with van der Waals surface area (Å²) in [6.07, 6.45) is -0.723. The van der Waals surface area contributed by atoms with Gasteiger partial charge in [0.05, 0.1) is 12.5 Å². The van der Waals surface area contributed by atoms with E-state index in [9.17, 15) is 9.59 Å². The average Bonchev–Trinajstić information content (AvgIpc) is 2.99. The minimum absolute atomic E-state index is 0.161. The second-order valence-electron chi connectivity index (χ2n) is 5.28. The zero-order valence-corrected chi connectivity index (χ0v) is 15.5. The summed E-state index contributed by atoms with van der Waals surface area (Å²) in [6.45, 7) is 3.34. The lowest BCUT2D eigenvalue weighted by molar-refractivity contribution is -0.154. The number of ether oxygens (including phenoxy) is 1. The summed E-state index contributed by atoms with van der Waals surface area (Å²) in [5, 5.41) is 5.66. The van der Waals surface area contributed by atoms with Crippen LogP contribution in [0.25, 0.3) is 0 Å². The van der Waals surface area contributed by atoms with Gasteiger partial charge in [-0.3, -0.25) is 9.59 Å². The fraction of sp³-hybridized carbons (Fsp3) is 0.294. The molecule has 0 aliphatic rings. The van der Waals surface area contributed by atoms with Crippen molar-refractivity contribution in [2.45, 2.75) is 32.4 Å². The summed E-state index contributed by atoms with van der Waals surface area (Å²) in [5.41, 5.74) is 0.742. The maximum Gasteiger partial charge on any atom is 0.311 e. The Morgan fingerprint density at radius 1 is 1.25 bits per heavy atom. The molecule has 7 heteroatoms. The van der Waals surface area contributed by atoms with E-state index in [1.165, 1.54) is 18.3 Å². The highest BCUT2D eigenvalue weighted by Crippen LogP contribution is 2.26. The molecule has 2 rings (SSSR count). The molecule has 0 unspecified atom stereocenters. The molecule has 0 spiro atoms. The van der Waals surface area contributed by atoms with Crippen LogP contribution in [0, 0.1) is 0 Å². The number of esters is 1. The van der Waals surface area contributed by atoms with Crippen LogP contribution in [0.15, 0.2) is 35.7 Å². The summed E-state index contributed by atoms with van der Waals surface area (Å²) < 4.78 is 5.17. The van der Waals surface area contributed by atoms with Crippen molar-refractivity contribution in [3.05, 3.63) is 56.2 Å². The molecule has 0 aliphatic carbocycles. The van der Waals surface area contributed by atoms with Gasteiger partial charge < -0.3 is 10.1 Å². The van der Waals surface area contributed by atoms with Crippen molar-refractivity contribution in [2.75, 3.05) is 0 Å². The largest absolute Gasteiger partial charge is 0.452 e. The van der Waals surface area contributed by atoms with Gasteiger partial charge in [0.25, 0.3) is 5.91 Å². The molecule has 0 aliphatic heterocycles. The Hall–Kier alpha value is -1.56. The monoisotopic (exact) mass is 385 g/mol. The van der Waals surface area contributed by atoms with Gasteiger partial charge in [-0.1, -0.05) is 35.3 Å². The lowest BCUT2D eigenvalue weighted by Gasteiger charge is -2.19. The summed E-state index contributed by atoms with van der Waals surface area (Å²) in [7, 11) is 0. The minimum Gasteiger partial charge on any atom is -0.452 e. The van der Waals surface area contributed by atoms with Crippen LogP contribution in [0.3, 0.4) is 0 Å².